The van der Waals surface area contributed by atoms with Gasteiger partial charge in [0.2, 0.25) is 0 Å². The van der Waals surface area contributed by atoms with Gasteiger partial charge in [-0.05, 0) is 45.8 Å². The van der Waals surface area contributed by atoms with Gasteiger partial charge in [0.25, 0.3) is 5.91 Å². The Labute approximate surface area is 183 Å². The number of hydrogen-bond acceptors (Lipinski definition) is 4. The van der Waals surface area contributed by atoms with E-state index < -0.39 is 27.0 Å². The van der Waals surface area contributed by atoms with E-state index in [2.05, 4.69) is 10.3 Å². The van der Waals surface area contributed by atoms with Crippen LogP contribution >= 0.6 is 0 Å². The maximum absolute atomic E-state index is 12.3. The fourth-order valence-corrected chi connectivity index (χ4v) is 3.66. The summed E-state index contributed by atoms with van der Waals surface area (Å²) >= 11 is 0. The minimum Gasteiger partial charge on any atom is -0.478 e. The molecule has 0 radical (unpaired) electrons. The molecule has 2 rings (SSSR count). The van der Waals surface area contributed by atoms with Gasteiger partial charge in [0.1, 0.15) is 0 Å². The molecular formula is C23H30N2O5S. The molecule has 31 heavy (non-hydrogen) atoms. The Balaban J connectivity index is 0.000000703. The lowest BCUT2D eigenvalue weighted by Gasteiger charge is -2.06. The molecule has 2 heterocycles. The number of nitrogens with one attached hydrogen (secondary N) is 2. The number of aryl methyl sites for hydroxylation is 1. The van der Waals surface area contributed by atoms with Crippen LogP contribution in [0.15, 0.2) is 54.3 Å². The average molecular weight is 447 g/mol. The molecule has 0 aliphatic carbocycles. The summed E-state index contributed by atoms with van der Waals surface area (Å²) in [5.74, 6) is -1.46. The lowest BCUT2D eigenvalue weighted by molar-refractivity contribution is -0.116. The highest BCUT2D eigenvalue weighted by Crippen LogP contribution is 2.21. The zero-order chi connectivity index (χ0) is 23.6. The molecule has 8 heteroatoms. The molecule has 1 amide bonds. The molecule has 0 saturated carbocycles. The first kappa shape index (κ1) is 25.9. The first-order valence-electron chi connectivity index (χ1n) is 9.74. The molecule has 0 fully saturated rings. The third kappa shape index (κ3) is 7.90. The van der Waals surface area contributed by atoms with Gasteiger partial charge in [-0.2, -0.15) is 0 Å². The van der Waals surface area contributed by atoms with Gasteiger partial charge in [-0.15, -0.1) is 0 Å². The summed E-state index contributed by atoms with van der Waals surface area (Å²) in [5.41, 5.74) is 1.87. The van der Waals surface area contributed by atoms with Crippen LogP contribution in [0.5, 0.6) is 0 Å². The molecule has 1 aromatic heterocycles. The smallest absolute Gasteiger partial charge is 0.337 e. The summed E-state index contributed by atoms with van der Waals surface area (Å²) in [6, 6.07) is 0. The molecule has 1 aliphatic heterocycles. The topological polar surface area (TPSA) is 116 Å². The molecule has 0 aromatic carbocycles. The molecule has 1 atom stereocenters. The van der Waals surface area contributed by atoms with Crippen molar-refractivity contribution in [2.75, 3.05) is 6.26 Å². The van der Waals surface area contributed by atoms with Crippen molar-refractivity contribution >= 4 is 27.8 Å². The molecule has 1 aliphatic rings. The van der Waals surface area contributed by atoms with Crippen molar-refractivity contribution in [1.82, 2.24) is 10.3 Å². The second kappa shape index (κ2) is 11.9. The number of carbonyl (C=O) groups excluding carboxylic acids is 1. The van der Waals surface area contributed by atoms with Crippen LogP contribution in [-0.4, -0.2) is 41.9 Å². The van der Waals surface area contributed by atoms with Gasteiger partial charge in [-0.1, -0.05) is 42.5 Å². The molecular weight excluding hydrogens is 416 g/mol. The first-order valence-corrected chi connectivity index (χ1v) is 11.7. The van der Waals surface area contributed by atoms with Crippen LogP contribution in [0.3, 0.4) is 0 Å². The number of aromatic amines is 1. The van der Waals surface area contributed by atoms with Gasteiger partial charge < -0.3 is 15.4 Å². The molecule has 7 nitrogen and oxygen atoms in total. The Morgan fingerprint density at radius 2 is 1.81 bits per heavy atom. The normalized spacial score (nSPS) is 20.5. The lowest BCUT2D eigenvalue weighted by atomic mass is 10.1. The van der Waals surface area contributed by atoms with Crippen molar-refractivity contribution < 1.29 is 23.1 Å². The molecule has 1 aromatic rings. The highest BCUT2D eigenvalue weighted by atomic mass is 32.2. The maximum atomic E-state index is 12.3. The van der Waals surface area contributed by atoms with E-state index in [9.17, 15) is 23.1 Å². The molecule has 3 N–H and O–H groups in total. The SMILES string of the molecule is C/C=C\C=C/C.Cc1[nH]c(/C=C2/C=C/C(S(C)(=O)=O)C/C=C/NC2=O)c(C)c1C(=O)O. The van der Waals surface area contributed by atoms with Crippen LogP contribution in [0.2, 0.25) is 0 Å². The second-order valence-corrected chi connectivity index (χ2v) is 9.22. The van der Waals surface area contributed by atoms with Crippen molar-refractivity contribution in [2.45, 2.75) is 39.4 Å². The van der Waals surface area contributed by atoms with Gasteiger partial charge in [0, 0.05) is 29.4 Å². The van der Waals surface area contributed by atoms with Gasteiger partial charge in [0.05, 0.1) is 10.8 Å². The Bertz CT molecular complexity index is 1040. The standard InChI is InChI=1S/C17H20N2O5S.C6H10/c1-10-14(19-11(2)15(10)17(21)22)9-12-6-7-13(25(3,23)24)5-4-8-18-16(12)20;1-3-5-6-4-2/h4,6-9,13,19H,5H2,1-3H3,(H,18,20)(H,21,22);3-6H,1-2H3/b7-6+,8-4+,12-9-;5-3-,6-4-. The molecule has 0 saturated heterocycles. The number of H-pyrrole nitrogens is 1. The zero-order valence-corrected chi connectivity index (χ0v) is 19.3. The molecule has 168 valence electrons. The summed E-state index contributed by atoms with van der Waals surface area (Å²) < 4.78 is 23.6. The van der Waals surface area contributed by atoms with Crippen molar-refractivity contribution in [3.05, 3.63) is 76.8 Å². The number of carboxylic acids is 1. The fraction of sp³-hybridized carbons (Fsp3) is 0.304. The number of amides is 1. The van der Waals surface area contributed by atoms with E-state index >= 15 is 0 Å². The van der Waals surface area contributed by atoms with E-state index in [1.807, 2.05) is 38.2 Å². The summed E-state index contributed by atoms with van der Waals surface area (Å²) in [6.45, 7) is 7.29. The zero-order valence-electron chi connectivity index (χ0n) is 18.5. The quantitative estimate of drug-likeness (QED) is 0.480. The van der Waals surface area contributed by atoms with Gasteiger partial charge in [-0.3, -0.25) is 4.79 Å². The molecule has 0 bridgehead atoms. The number of aromatic nitrogens is 1. The van der Waals surface area contributed by atoms with Crippen molar-refractivity contribution in [1.29, 1.82) is 0 Å². The highest BCUT2D eigenvalue weighted by molar-refractivity contribution is 7.91. The Morgan fingerprint density at radius 1 is 1.19 bits per heavy atom. The number of hydrogen-bond donors (Lipinski definition) is 3. The van der Waals surface area contributed by atoms with E-state index in [-0.39, 0.29) is 17.6 Å². The Morgan fingerprint density at radius 3 is 2.29 bits per heavy atom. The highest BCUT2D eigenvalue weighted by Gasteiger charge is 2.20. The van der Waals surface area contributed by atoms with E-state index in [0.29, 0.717) is 17.0 Å². The molecule has 0 spiro atoms. The van der Waals surface area contributed by atoms with Crippen LogP contribution in [-0.2, 0) is 14.6 Å². The van der Waals surface area contributed by atoms with Gasteiger partial charge in [-0.25, -0.2) is 13.2 Å². The largest absolute Gasteiger partial charge is 0.478 e. The number of carboxylic acid groups (broad SMARTS) is 1. The van der Waals surface area contributed by atoms with Crippen LogP contribution < -0.4 is 5.32 Å². The summed E-state index contributed by atoms with van der Waals surface area (Å²) in [6.07, 6.45) is 16.8. The number of sulfone groups is 1. The Kier molecular flexibility index (Phi) is 9.95. The molecule has 1 unspecified atom stereocenters. The number of rotatable bonds is 4. The maximum Gasteiger partial charge on any atom is 0.337 e. The number of carbonyl (C=O) groups is 2. The lowest BCUT2D eigenvalue weighted by Crippen LogP contribution is -2.18. The summed E-state index contributed by atoms with van der Waals surface area (Å²) in [4.78, 5) is 26.5. The van der Waals surface area contributed by atoms with Crippen LogP contribution in [0, 0.1) is 13.8 Å². The predicted molar refractivity (Wildman–Crippen MR) is 125 cm³/mol. The third-order valence-electron chi connectivity index (χ3n) is 4.49. The van der Waals surface area contributed by atoms with E-state index in [0.717, 1.165) is 6.26 Å². The minimum absolute atomic E-state index is 0.160. The van der Waals surface area contributed by atoms with Crippen molar-refractivity contribution in [2.24, 2.45) is 0 Å². The van der Waals surface area contributed by atoms with Gasteiger partial charge >= 0.3 is 5.97 Å². The van der Waals surface area contributed by atoms with Gasteiger partial charge in [0.15, 0.2) is 9.84 Å². The van der Waals surface area contributed by atoms with Crippen LogP contribution in [0.1, 0.15) is 47.6 Å². The summed E-state index contributed by atoms with van der Waals surface area (Å²) in [5, 5.41) is 11.1. The predicted octanol–water partition coefficient (Wildman–Crippen LogP) is 3.85. The van der Waals surface area contributed by atoms with E-state index in [4.69, 9.17) is 0 Å². The van der Waals surface area contributed by atoms with E-state index in [1.165, 1.54) is 24.4 Å². The second-order valence-electron chi connectivity index (χ2n) is 6.96. The van der Waals surface area contributed by atoms with Crippen LogP contribution in [0.25, 0.3) is 6.08 Å². The monoisotopic (exact) mass is 446 g/mol. The fourth-order valence-electron chi connectivity index (χ4n) is 2.83. The summed E-state index contributed by atoms with van der Waals surface area (Å²) in [7, 11) is -3.31. The third-order valence-corrected chi connectivity index (χ3v) is 5.94. The Hall–Kier alpha value is -3.13. The first-order chi connectivity index (χ1) is 14.5. The van der Waals surface area contributed by atoms with Crippen molar-refractivity contribution in [3.63, 3.8) is 0 Å². The minimum atomic E-state index is -3.31. The number of allylic oxidation sites excluding steroid dienone is 5. The van der Waals surface area contributed by atoms with E-state index in [1.54, 1.807) is 19.9 Å². The van der Waals surface area contributed by atoms with Crippen LogP contribution in [0.4, 0.5) is 0 Å². The number of aromatic carboxylic acids is 1. The van der Waals surface area contributed by atoms with Crippen molar-refractivity contribution in [3.8, 4) is 0 Å². The average Bonchev–Trinajstić information content (AvgIpc) is 3.00.